The van der Waals surface area contributed by atoms with E-state index in [1.54, 1.807) is 24.4 Å². The van der Waals surface area contributed by atoms with E-state index < -0.39 is 0 Å². The number of hydrogen-bond donors (Lipinski definition) is 1. The lowest BCUT2D eigenvalue weighted by molar-refractivity contribution is -0.121. The predicted octanol–water partition coefficient (Wildman–Crippen LogP) is 4.85. The lowest BCUT2D eigenvalue weighted by Crippen LogP contribution is -2.23. The van der Waals surface area contributed by atoms with Crippen molar-refractivity contribution in [3.05, 3.63) is 77.6 Å². The second-order valence-electron chi connectivity index (χ2n) is 6.76. The summed E-state index contributed by atoms with van der Waals surface area (Å²) in [4.78, 5) is 16.2. The quantitative estimate of drug-likeness (QED) is 0.650. The molecule has 3 rings (SSSR count). The number of hydrogen-bond acceptors (Lipinski definition) is 3. The first-order valence-corrected chi connectivity index (χ1v) is 9.08. The van der Waals surface area contributed by atoms with Crippen molar-refractivity contribution in [1.82, 2.24) is 10.3 Å². The highest BCUT2D eigenvalue weighted by Gasteiger charge is 2.10. The normalized spacial score (nSPS) is 11.0. The summed E-state index contributed by atoms with van der Waals surface area (Å²) in [6.07, 6.45) is 2.31. The van der Waals surface area contributed by atoms with Gasteiger partial charge in [-0.15, -0.1) is 0 Å². The highest BCUT2D eigenvalue weighted by atomic mass is 19.1. The van der Waals surface area contributed by atoms with Gasteiger partial charge in [0.2, 0.25) is 5.91 Å². The maximum atomic E-state index is 13.5. The Hall–Kier alpha value is -2.95. The molecule has 1 aromatic heterocycles. The van der Waals surface area contributed by atoms with Gasteiger partial charge >= 0.3 is 0 Å². The van der Waals surface area contributed by atoms with E-state index >= 15 is 0 Å². The second-order valence-corrected chi connectivity index (χ2v) is 6.76. The van der Waals surface area contributed by atoms with Gasteiger partial charge < -0.3 is 9.73 Å². The van der Waals surface area contributed by atoms with Crippen molar-refractivity contribution < 1.29 is 13.6 Å². The van der Waals surface area contributed by atoms with E-state index in [4.69, 9.17) is 4.42 Å². The maximum Gasteiger partial charge on any atom is 0.220 e. The molecule has 3 aromatic rings. The molecule has 0 fully saturated rings. The molecule has 0 aliphatic rings. The molecule has 2 aromatic carbocycles. The van der Waals surface area contributed by atoms with Crippen LogP contribution in [-0.4, -0.2) is 10.9 Å². The molecular formula is C22H23FN2O2. The van der Waals surface area contributed by atoms with Crippen molar-refractivity contribution >= 4 is 5.91 Å². The van der Waals surface area contributed by atoms with Crippen LogP contribution in [-0.2, 0) is 17.8 Å². The summed E-state index contributed by atoms with van der Waals surface area (Å²) >= 11 is 0. The van der Waals surface area contributed by atoms with E-state index in [0.29, 0.717) is 29.6 Å². The minimum absolute atomic E-state index is 0.167. The molecule has 5 heteroatoms. The van der Waals surface area contributed by atoms with Crippen LogP contribution < -0.4 is 5.32 Å². The fourth-order valence-corrected chi connectivity index (χ4v) is 2.74. The fourth-order valence-electron chi connectivity index (χ4n) is 2.74. The Kier molecular flexibility index (Phi) is 6.01. The van der Waals surface area contributed by atoms with Crippen LogP contribution in [0.1, 0.15) is 43.2 Å². The van der Waals surface area contributed by atoms with Crippen LogP contribution in [0.4, 0.5) is 4.39 Å². The number of benzene rings is 2. The zero-order valence-electron chi connectivity index (χ0n) is 15.5. The van der Waals surface area contributed by atoms with Crippen molar-refractivity contribution in [3.63, 3.8) is 0 Å². The largest absolute Gasteiger partial charge is 0.441 e. The molecule has 1 heterocycles. The summed E-state index contributed by atoms with van der Waals surface area (Å²) in [6.45, 7) is 4.47. The molecule has 27 heavy (non-hydrogen) atoms. The van der Waals surface area contributed by atoms with E-state index in [9.17, 15) is 9.18 Å². The summed E-state index contributed by atoms with van der Waals surface area (Å²) in [5, 5.41) is 2.72. The van der Waals surface area contributed by atoms with E-state index in [-0.39, 0.29) is 24.7 Å². The zero-order valence-corrected chi connectivity index (χ0v) is 15.5. The Morgan fingerprint density at radius 2 is 1.89 bits per heavy atom. The van der Waals surface area contributed by atoms with Crippen molar-refractivity contribution in [2.24, 2.45) is 0 Å². The van der Waals surface area contributed by atoms with Crippen LogP contribution in [0.15, 0.2) is 59.1 Å². The van der Waals surface area contributed by atoms with E-state index in [1.807, 2.05) is 12.1 Å². The van der Waals surface area contributed by atoms with Crippen LogP contribution >= 0.6 is 0 Å². The average molecular weight is 366 g/mol. The Bertz CT molecular complexity index is 901. The number of nitrogens with one attached hydrogen (secondary N) is 1. The molecule has 0 radical (unpaired) electrons. The van der Waals surface area contributed by atoms with Gasteiger partial charge in [0.1, 0.15) is 5.82 Å². The Balaban J connectivity index is 1.52. The molecule has 1 amide bonds. The van der Waals surface area contributed by atoms with Gasteiger partial charge in [-0.3, -0.25) is 4.79 Å². The van der Waals surface area contributed by atoms with Crippen molar-refractivity contribution in [1.29, 1.82) is 0 Å². The average Bonchev–Trinajstić information content (AvgIpc) is 3.15. The molecule has 0 unspecified atom stereocenters. The van der Waals surface area contributed by atoms with Crippen LogP contribution in [0.25, 0.3) is 11.3 Å². The third-order valence-corrected chi connectivity index (χ3v) is 4.42. The molecular weight excluding hydrogens is 343 g/mol. The molecule has 0 aliphatic heterocycles. The Morgan fingerprint density at radius 3 is 2.59 bits per heavy atom. The summed E-state index contributed by atoms with van der Waals surface area (Å²) in [7, 11) is 0. The van der Waals surface area contributed by atoms with Crippen molar-refractivity contribution in [3.8, 4) is 11.3 Å². The topological polar surface area (TPSA) is 55.1 Å². The summed E-state index contributed by atoms with van der Waals surface area (Å²) < 4.78 is 19.3. The van der Waals surface area contributed by atoms with Gasteiger partial charge in [-0.1, -0.05) is 56.3 Å². The van der Waals surface area contributed by atoms with Gasteiger partial charge in [0.15, 0.2) is 11.7 Å². The first kappa shape index (κ1) is 18.8. The van der Waals surface area contributed by atoms with Crippen molar-refractivity contribution in [2.75, 3.05) is 0 Å². The number of aromatic nitrogens is 1. The maximum absolute atomic E-state index is 13.5. The first-order chi connectivity index (χ1) is 13.0. The lowest BCUT2D eigenvalue weighted by Gasteiger charge is -2.06. The third kappa shape index (κ3) is 5.03. The van der Waals surface area contributed by atoms with E-state index in [0.717, 1.165) is 5.56 Å². The van der Waals surface area contributed by atoms with Gasteiger partial charge in [0.05, 0.1) is 6.20 Å². The zero-order chi connectivity index (χ0) is 19.2. The number of halogens is 1. The molecule has 0 atom stereocenters. The molecule has 0 spiro atoms. The molecule has 4 nitrogen and oxygen atoms in total. The molecule has 0 saturated carbocycles. The van der Waals surface area contributed by atoms with E-state index in [1.165, 1.54) is 11.6 Å². The minimum atomic E-state index is -0.321. The number of oxazole rings is 1. The SMILES string of the molecule is CC(C)c1ccc(-c2cnc(CCC(=O)NCc3ccccc3F)o2)cc1. The van der Waals surface area contributed by atoms with E-state index in [2.05, 4.69) is 36.3 Å². The number of carbonyl (C=O) groups excluding carboxylic acids is 1. The molecule has 0 bridgehead atoms. The molecule has 0 aliphatic carbocycles. The molecule has 140 valence electrons. The van der Waals surface area contributed by atoms with Crippen molar-refractivity contribution in [2.45, 2.75) is 39.2 Å². The standard InChI is InChI=1S/C22H23FN2O2/c1-15(2)16-7-9-17(10-8-16)20-14-25-22(27-20)12-11-21(26)24-13-18-5-3-4-6-19(18)23/h3-10,14-15H,11-13H2,1-2H3,(H,24,26). The number of amides is 1. The monoisotopic (exact) mass is 366 g/mol. The van der Waals surface area contributed by atoms with Crippen LogP contribution in [0.3, 0.4) is 0 Å². The number of aryl methyl sites for hydroxylation is 1. The van der Waals surface area contributed by atoms with Gasteiger partial charge in [-0.25, -0.2) is 9.37 Å². The Labute approximate surface area is 158 Å². The molecule has 1 N–H and O–H groups in total. The van der Waals surface area contributed by atoms with Gasteiger partial charge in [0.25, 0.3) is 0 Å². The van der Waals surface area contributed by atoms with Gasteiger partial charge in [-0.05, 0) is 17.5 Å². The van der Waals surface area contributed by atoms with Gasteiger partial charge in [-0.2, -0.15) is 0 Å². The Morgan fingerprint density at radius 1 is 1.15 bits per heavy atom. The third-order valence-electron chi connectivity index (χ3n) is 4.42. The summed E-state index contributed by atoms with van der Waals surface area (Å²) in [6, 6.07) is 14.6. The van der Waals surface area contributed by atoms with Gasteiger partial charge in [0, 0.05) is 30.5 Å². The molecule has 0 saturated heterocycles. The van der Waals surface area contributed by atoms with Crippen LogP contribution in [0.5, 0.6) is 0 Å². The summed E-state index contributed by atoms with van der Waals surface area (Å²) in [5.74, 6) is 1.19. The highest BCUT2D eigenvalue weighted by Crippen LogP contribution is 2.23. The number of rotatable bonds is 7. The lowest BCUT2D eigenvalue weighted by atomic mass is 10.0. The van der Waals surface area contributed by atoms with Crippen LogP contribution in [0, 0.1) is 5.82 Å². The van der Waals surface area contributed by atoms with Crippen LogP contribution in [0.2, 0.25) is 0 Å². The highest BCUT2D eigenvalue weighted by molar-refractivity contribution is 5.76. The number of nitrogens with zero attached hydrogens (tertiary/aromatic N) is 1. The smallest absolute Gasteiger partial charge is 0.220 e. The minimum Gasteiger partial charge on any atom is -0.441 e. The summed E-state index contributed by atoms with van der Waals surface area (Å²) in [5.41, 5.74) is 2.70. The number of carbonyl (C=O) groups is 1. The predicted molar refractivity (Wildman–Crippen MR) is 103 cm³/mol. The fraction of sp³-hybridized carbons (Fsp3) is 0.273. The first-order valence-electron chi connectivity index (χ1n) is 9.08. The second kappa shape index (κ2) is 8.62.